The van der Waals surface area contributed by atoms with Crippen molar-refractivity contribution in [1.29, 1.82) is 0 Å². The van der Waals surface area contributed by atoms with Crippen molar-refractivity contribution in [3.8, 4) is 44.5 Å². The average molecular weight is 824 g/mol. The number of anilines is 3. The van der Waals surface area contributed by atoms with Crippen molar-refractivity contribution >= 4 is 60.9 Å². The van der Waals surface area contributed by atoms with Gasteiger partial charge in [0.1, 0.15) is 22.3 Å². The van der Waals surface area contributed by atoms with Crippen molar-refractivity contribution in [1.82, 2.24) is 0 Å². The summed E-state index contributed by atoms with van der Waals surface area (Å²) >= 11 is 0. The lowest BCUT2D eigenvalue weighted by Crippen LogP contribution is -2.18. The highest BCUT2D eigenvalue weighted by Gasteiger charge is 2.41. The molecule has 306 valence electrons. The fourth-order valence-electron chi connectivity index (χ4n) is 11.3. The molecule has 0 radical (unpaired) electrons. The summed E-state index contributed by atoms with van der Waals surface area (Å²) < 4.78 is 13.6. The highest BCUT2D eigenvalue weighted by Crippen LogP contribution is 2.58. The van der Waals surface area contributed by atoms with E-state index in [1.54, 1.807) is 0 Å². The number of aryl methyl sites for hydroxylation is 1. The third-order valence-electron chi connectivity index (χ3n) is 14.5. The van der Waals surface area contributed by atoms with Gasteiger partial charge in [0, 0.05) is 60.6 Å². The first kappa shape index (κ1) is 37.0. The molecule has 3 heteroatoms. The number of nitrogens with zero attached hydrogens (tertiary/aromatic N) is 1. The van der Waals surface area contributed by atoms with E-state index in [4.69, 9.17) is 8.83 Å². The van der Waals surface area contributed by atoms with Gasteiger partial charge in [-0.1, -0.05) is 155 Å². The smallest absolute Gasteiger partial charge is 0.144 e. The molecule has 2 heterocycles. The van der Waals surface area contributed by atoms with E-state index in [1.165, 1.54) is 72.0 Å². The van der Waals surface area contributed by atoms with Crippen LogP contribution in [-0.4, -0.2) is 0 Å². The number of rotatable bonds is 5. The Morgan fingerprint density at radius 2 is 0.844 bits per heavy atom. The minimum absolute atomic E-state index is 0.286. The van der Waals surface area contributed by atoms with Gasteiger partial charge in [0.15, 0.2) is 0 Å². The van der Waals surface area contributed by atoms with Crippen LogP contribution in [0.4, 0.5) is 17.1 Å². The molecule has 2 aromatic heterocycles. The van der Waals surface area contributed by atoms with Crippen LogP contribution in [0.25, 0.3) is 88.4 Å². The molecule has 0 spiro atoms. The summed E-state index contributed by atoms with van der Waals surface area (Å²) in [7, 11) is 0. The Morgan fingerprint density at radius 1 is 0.375 bits per heavy atom. The van der Waals surface area contributed by atoms with Crippen LogP contribution >= 0.6 is 0 Å². The van der Waals surface area contributed by atoms with E-state index in [9.17, 15) is 0 Å². The second-order valence-corrected chi connectivity index (χ2v) is 18.9. The Labute approximate surface area is 372 Å². The maximum Gasteiger partial charge on any atom is 0.144 e. The predicted molar refractivity (Wildman–Crippen MR) is 266 cm³/mol. The first-order valence-electron chi connectivity index (χ1n) is 22.4. The quantitative estimate of drug-likeness (QED) is 0.173. The fraction of sp³-hybridized carbons (Fsp3) is 0.115. The molecule has 64 heavy (non-hydrogen) atoms. The van der Waals surface area contributed by atoms with Crippen LogP contribution in [-0.2, 0) is 10.8 Å². The van der Waals surface area contributed by atoms with Gasteiger partial charge in [-0.2, -0.15) is 0 Å². The molecule has 0 aliphatic heterocycles. The Bertz CT molecular complexity index is 3720. The number of para-hydroxylation sites is 2. The zero-order valence-corrected chi connectivity index (χ0v) is 36.6. The second-order valence-electron chi connectivity index (χ2n) is 18.9. The van der Waals surface area contributed by atoms with Crippen LogP contribution in [0, 0.1) is 6.92 Å². The van der Waals surface area contributed by atoms with E-state index < -0.39 is 0 Å². The van der Waals surface area contributed by atoms with Gasteiger partial charge in [0.05, 0.1) is 0 Å². The molecular formula is C61H45NO2. The second kappa shape index (κ2) is 13.2. The summed E-state index contributed by atoms with van der Waals surface area (Å²) in [6.45, 7) is 11.7. The molecule has 0 saturated carbocycles. The first-order valence-corrected chi connectivity index (χ1v) is 22.4. The van der Waals surface area contributed by atoms with Crippen LogP contribution in [0.3, 0.4) is 0 Å². The molecule has 0 atom stereocenters. The van der Waals surface area contributed by atoms with Crippen LogP contribution < -0.4 is 4.90 Å². The van der Waals surface area contributed by atoms with E-state index in [2.05, 4.69) is 222 Å². The van der Waals surface area contributed by atoms with Gasteiger partial charge in [-0.15, -0.1) is 0 Å². The van der Waals surface area contributed by atoms with Gasteiger partial charge < -0.3 is 13.7 Å². The van der Waals surface area contributed by atoms with Crippen LogP contribution in [0.5, 0.6) is 0 Å². The van der Waals surface area contributed by atoms with E-state index in [-0.39, 0.29) is 10.8 Å². The Hall–Kier alpha value is -7.62. The number of furan rings is 2. The first-order chi connectivity index (χ1) is 31.2. The highest BCUT2D eigenvalue weighted by molar-refractivity contribution is 6.20. The van der Waals surface area contributed by atoms with Gasteiger partial charge in [-0.25, -0.2) is 0 Å². The van der Waals surface area contributed by atoms with Crippen LogP contribution in [0.2, 0.25) is 0 Å². The molecule has 11 aromatic rings. The lowest BCUT2D eigenvalue weighted by Gasteiger charge is -2.30. The summed E-state index contributed by atoms with van der Waals surface area (Å²) in [4.78, 5) is 2.45. The maximum atomic E-state index is 6.89. The normalized spacial score (nSPS) is 14.3. The van der Waals surface area contributed by atoms with Crippen LogP contribution in [0.1, 0.15) is 55.5 Å². The van der Waals surface area contributed by atoms with Crippen molar-refractivity contribution in [2.75, 3.05) is 4.90 Å². The molecular weight excluding hydrogens is 779 g/mol. The summed E-state index contributed by atoms with van der Waals surface area (Å²) in [5.74, 6) is 0. The van der Waals surface area contributed by atoms with Gasteiger partial charge >= 0.3 is 0 Å². The molecule has 0 unspecified atom stereocenters. The highest BCUT2D eigenvalue weighted by atomic mass is 16.3. The molecule has 13 rings (SSSR count). The van der Waals surface area contributed by atoms with Gasteiger partial charge in [0.2, 0.25) is 0 Å². The number of hydrogen-bond acceptors (Lipinski definition) is 3. The molecule has 0 saturated heterocycles. The molecule has 0 fully saturated rings. The number of hydrogen-bond donors (Lipinski definition) is 0. The Morgan fingerprint density at radius 3 is 1.45 bits per heavy atom. The Balaban J connectivity index is 1.01. The van der Waals surface area contributed by atoms with E-state index >= 15 is 0 Å². The fourth-order valence-corrected chi connectivity index (χ4v) is 11.3. The zero-order valence-electron chi connectivity index (χ0n) is 36.6. The van der Waals surface area contributed by atoms with Crippen LogP contribution in [0.15, 0.2) is 191 Å². The zero-order chi connectivity index (χ0) is 43.1. The molecule has 0 N–H and O–H groups in total. The lowest BCUT2D eigenvalue weighted by atomic mass is 9.80. The van der Waals surface area contributed by atoms with Gasteiger partial charge in [0.25, 0.3) is 0 Å². The molecule has 2 aliphatic carbocycles. The number of fused-ring (bicyclic) bond motifs is 14. The third kappa shape index (κ3) is 5.10. The van der Waals surface area contributed by atoms with Gasteiger partial charge in [-0.3, -0.25) is 0 Å². The molecule has 2 aliphatic rings. The topological polar surface area (TPSA) is 29.5 Å². The molecule has 0 amide bonds. The van der Waals surface area contributed by atoms with E-state index in [0.29, 0.717) is 0 Å². The average Bonchev–Trinajstić information content (AvgIpc) is 4.03. The third-order valence-corrected chi connectivity index (χ3v) is 14.5. The van der Waals surface area contributed by atoms with Crippen molar-refractivity contribution in [3.63, 3.8) is 0 Å². The van der Waals surface area contributed by atoms with E-state index in [1.807, 2.05) is 0 Å². The summed E-state index contributed by atoms with van der Waals surface area (Å²) in [5.41, 5.74) is 22.6. The van der Waals surface area contributed by atoms with Crippen molar-refractivity contribution in [2.24, 2.45) is 0 Å². The molecule has 0 bridgehead atoms. The molecule has 9 aromatic carbocycles. The standard InChI is InChI=1S/C61H45NO2/c1-36-24-26-39(27-25-36)62(40-28-30-42-48(32-40)60(2,3)50-35-47(38-18-10-7-11-19-38)58-57(55(42)50)45-21-13-15-23-53(45)63-58)41-29-31-43-49(33-41)61(4,5)51-34-46(37-16-8-6-9-17-37)54-44-20-12-14-22-52(44)64-59(54)56(43)51/h6-35H,1-5H3. The summed E-state index contributed by atoms with van der Waals surface area (Å²) in [5, 5.41) is 4.66. The van der Waals surface area contributed by atoms with Crippen molar-refractivity contribution in [3.05, 3.63) is 210 Å². The SMILES string of the molecule is Cc1ccc(N(c2ccc3c(c2)C(C)(C)c2cc(-c4ccccc4)c4c(oc5ccccc54)c2-3)c2ccc3c(c2)C(C)(C)c2cc(-c4ccccc4)c4oc5ccccc5c4c2-3)cc1. The monoisotopic (exact) mass is 823 g/mol. The molecule has 3 nitrogen and oxygen atoms in total. The van der Waals surface area contributed by atoms with E-state index in [0.717, 1.165) is 61.3 Å². The minimum atomic E-state index is -0.299. The minimum Gasteiger partial charge on any atom is -0.455 e. The summed E-state index contributed by atoms with van der Waals surface area (Å²) in [6.07, 6.45) is 0. The Kier molecular flexibility index (Phi) is 7.63. The number of benzene rings is 9. The predicted octanol–water partition coefficient (Wildman–Crippen LogP) is 17.2. The summed E-state index contributed by atoms with van der Waals surface area (Å²) in [6, 6.07) is 66.5. The maximum absolute atomic E-state index is 6.89. The van der Waals surface area contributed by atoms with Crippen molar-refractivity contribution < 1.29 is 8.83 Å². The largest absolute Gasteiger partial charge is 0.455 e. The van der Waals surface area contributed by atoms with Gasteiger partial charge in [-0.05, 0) is 123 Å². The lowest BCUT2D eigenvalue weighted by molar-refractivity contribution is 0.653. The van der Waals surface area contributed by atoms with Crippen molar-refractivity contribution in [2.45, 2.75) is 45.4 Å².